The quantitative estimate of drug-likeness (QED) is 0.636. The van der Waals surface area contributed by atoms with Gasteiger partial charge >= 0.3 is 0 Å². The molecule has 0 aromatic heterocycles. The van der Waals surface area contributed by atoms with Crippen LogP contribution in [-0.2, 0) is 20.6 Å². The lowest BCUT2D eigenvalue weighted by molar-refractivity contribution is -0.126. The molecule has 0 saturated carbocycles. The molecule has 168 valence electrons. The summed E-state index contributed by atoms with van der Waals surface area (Å²) in [5.41, 5.74) is 1.69. The lowest BCUT2D eigenvalue weighted by Crippen LogP contribution is -2.44. The number of nitrogens with one attached hydrogen (secondary N) is 1. The fourth-order valence-corrected chi connectivity index (χ4v) is 5.64. The van der Waals surface area contributed by atoms with Crippen molar-refractivity contribution in [1.82, 2.24) is 9.62 Å². The van der Waals surface area contributed by atoms with Crippen molar-refractivity contribution in [3.8, 4) is 5.75 Å². The van der Waals surface area contributed by atoms with E-state index in [9.17, 15) is 13.2 Å². The predicted octanol–water partition coefficient (Wildman–Crippen LogP) is 4.16. The van der Waals surface area contributed by atoms with Crippen LogP contribution >= 0.6 is 11.6 Å². The summed E-state index contributed by atoms with van der Waals surface area (Å²) in [5, 5.41) is 3.65. The first kappa shape index (κ1) is 23.6. The molecule has 8 heteroatoms. The molecule has 31 heavy (non-hydrogen) atoms. The van der Waals surface area contributed by atoms with Gasteiger partial charge in [0.05, 0.1) is 18.9 Å². The molecule has 0 radical (unpaired) electrons. The first-order chi connectivity index (χ1) is 14.8. The number of carbonyl (C=O) groups excluding carboxylic acids is 1. The van der Waals surface area contributed by atoms with E-state index in [1.807, 2.05) is 31.2 Å². The number of halogens is 1. The smallest absolute Gasteiger partial charge is 0.223 e. The largest absolute Gasteiger partial charge is 0.497 e. The van der Waals surface area contributed by atoms with Gasteiger partial charge in [0, 0.05) is 24.0 Å². The summed E-state index contributed by atoms with van der Waals surface area (Å²) in [6, 6.07) is 14.5. The maximum Gasteiger partial charge on any atom is 0.223 e. The maximum atomic E-state index is 12.8. The van der Waals surface area contributed by atoms with E-state index in [1.165, 1.54) is 4.31 Å². The first-order valence-electron chi connectivity index (χ1n) is 10.5. The van der Waals surface area contributed by atoms with E-state index in [1.54, 1.807) is 31.4 Å². The summed E-state index contributed by atoms with van der Waals surface area (Å²) in [7, 11) is -1.83. The van der Waals surface area contributed by atoms with Gasteiger partial charge < -0.3 is 10.1 Å². The Kier molecular flexibility index (Phi) is 7.97. The fourth-order valence-electron chi connectivity index (χ4n) is 3.87. The monoisotopic (exact) mass is 464 g/mol. The van der Waals surface area contributed by atoms with Crippen LogP contribution in [-0.4, -0.2) is 38.8 Å². The Bertz CT molecular complexity index is 987. The third-order valence-electron chi connectivity index (χ3n) is 5.70. The Hall–Kier alpha value is -2.09. The van der Waals surface area contributed by atoms with Crippen molar-refractivity contribution < 1.29 is 17.9 Å². The van der Waals surface area contributed by atoms with Gasteiger partial charge in [-0.1, -0.05) is 42.8 Å². The Morgan fingerprint density at radius 2 is 1.87 bits per heavy atom. The second kappa shape index (κ2) is 10.5. The number of piperidine rings is 1. The van der Waals surface area contributed by atoms with Crippen LogP contribution in [0.25, 0.3) is 0 Å². The third kappa shape index (κ3) is 6.21. The summed E-state index contributed by atoms with van der Waals surface area (Å²) in [6.07, 6.45) is 1.80. The summed E-state index contributed by atoms with van der Waals surface area (Å²) in [5.74, 6) is 0.482. The van der Waals surface area contributed by atoms with E-state index < -0.39 is 10.0 Å². The Balaban J connectivity index is 1.56. The zero-order valence-corrected chi connectivity index (χ0v) is 19.5. The second-order valence-corrected chi connectivity index (χ2v) is 10.2. The molecule has 6 nitrogen and oxygen atoms in total. The number of methoxy groups -OCH3 is 1. The summed E-state index contributed by atoms with van der Waals surface area (Å²) >= 11 is 5.97. The molecule has 0 bridgehead atoms. The average Bonchev–Trinajstić information content (AvgIpc) is 2.77. The van der Waals surface area contributed by atoms with Crippen LogP contribution in [0, 0.1) is 5.92 Å². The SMILES string of the molecule is CC[C@H](NC(=O)C1CCN(S(=O)(=O)Cc2cccc(Cl)c2)CC1)c1ccc(OC)cc1. The van der Waals surface area contributed by atoms with Gasteiger partial charge in [0.15, 0.2) is 0 Å². The van der Waals surface area contributed by atoms with Gasteiger partial charge in [-0.3, -0.25) is 4.79 Å². The molecule has 1 amide bonds. The van der Waals surface area contributed by atoms with Crippen molar-refractivity contribution >= 4 is 27.5 Å². The highest BCUT2D eigenvalue weighted by Gasteiger charge is 2.32. The van der Waals surface area contributed by atoms with Crippen LogP contribution in [0.15, 0.2) is 48.5 Å². The number of nitrogens with zero attached hydrogens (tertiary/aromatic N) is 1. The number of rotatable bonds is 8. The molecule has 2 aromatic rings. The number of carbonyl (C=O) groups is 1. The van der Waals surface area contributed by atoms with E-state index in [0.29, 0.717) is 36.5 Å². The molecule has 0 spiro atoms. The second-order valence-electron chi connectivity index (χ2n) is 7.80. The maximum absolute atomic E-state index is 12.8. The number of hydrogen-bond acceptors (Lipinski definition) is 4. The number of hydrogen-bond donors (Lipinski definition) is 1. The minimum atomic E-state index is -3.45. The Morgan fingerprint density at radius 1 is 1.19 bits per heavy atom. The van der Waals surface area contributed by atoms with Crippen LogP contribution in [0.1, 0.15) is 43.4 Å². The fraction of sp³-hybridized carbons (Fsp3) is 0.435. The Morgan fingerprint density at radius 3 is 2.45 bits per heavy atom. The van der Waals surface area contributed by atoms with Crippen LogP contribution in [0.2, 0.25) is 5.02 Å². The van der Waals surface area contributed by atoms with E-state index in [-0.39, 0.29) is 23.6 Å². The van der Waals surface area contributed by atoms with E-state index >= 15 is 0 Å². The van der Waals surface area contributed by atoms with Gasteiger partial charge in [-0.25, -0.2) is 12.7 Å². The van der Waals surface area contributed by atoms with Crippen LogP contribution in [0.5, 0.6) is 5.75 Å². The van der Waals surface area contributed by atoms with E-state index in [2.05, 4.69) is 5.32 Å². The highest BCUT2D eigenvalue weighted by Crippen LogP contribution is 2.25. The van der Waals surface area contributed by atoms with Crippen molar-refractivity contribution in [3.63, 3.8) is 0 Å². The predicted molar refractivity (Wildman–Crippen MR) is 123 cm³/mol. The Labute approximate surface area is 189 Å². The third-order valence-corrected chi connectivity index (χ3v) is 7.78. The molecular weight excluding hydrogens is 436 g/mol. The molecule has 3 rings (SSSR count). The minimum absolute atomic E-state index is 0.0189. The minimum Gasteiger partial charge on any atom is -0.497 e. The molecule has 1 heterocycles. The van der Waals surface area contributed by atoms with E-state index in [0.717, 1.165) is 17.7 Å². The van der Waals surface area contributed by atoms with E-state index in [4.69, 9.17) is 16.3 Å². The molecule has 1 N–H and O–H groups in total. The normalized spacial score (nSPS) is 16.6. The average molecular weight is 465 g/mol. The van der Waals surface area contributed by atoms with Gasteiger partial charge in [-0.15, -0.1) is 0 Å². The van der Waals surface area contributed by atoms with Crippen molar-refractivity contribution in [3.05, 3.63) is 64.7 Å². The molecule has 1 saturated heterocycles. The molecular formula is C23H29ClN2O4S. The van der Waals surface area contributed by atoms with Gasteiger partial charge in [0.25, 0.3) is 0 Å². The number of ether oxygens (including phenoxy) is 1. The van der Waals surface area contributed by atoms with Gasteiger partial charge in [-0.05, 0) is 54.7 Å². The molecule has 2 aromatic carbocycles. The summed E-state index contributed by atoms with van der Waals surface area (Å²) in [6.45, 7) is 2.72. The van der Waals surface area contributed by atoms with Gasteiger partial charge in [0.2, 0.25) is 15.9 Å². The summed E-state index contributed by atoms with van der Waals surface area (Å²) < 4.78 is 32.2. The number of amides is 1. The first-order valence-corrected chi connectivity index (χ1v) is 12.5. The van der Waals surface area contributed by atoms with Gasteiger partial charge in [0.1, 0.15) is 5.75 Å². The van der Waals surface area contributed by atoms with Crippen molar-refractivity contribution in [2.45, 2.75) is 38.0 Å². The molecule has 1 aliphatic heterocycles. The zero-order chi connectivity index (χ0) is 22.4. The summed E-state index contributed by atoms with van der Waals surface area (Å²) in [4.78, 5) is 12.8. The standard InChI is InChI=1S/C23H29ClN2O4S/c1-3-22(18-7-9-21(30-2)10-8-18)25-23(27)19-11-13-26(14-12-19)31(28,29)16-17-5-4-6-20(24)15-17/h4-10,15,19,22H,3,11-14,16H2,1-2H3,(H,25,27)/t22-/m0/s1. The zero-order valence-electron chi connectivity index (χ0n) is 17.9. The van der Waals surface area contributed by atoms with Crippen molar-refractivity contribution in [1.29, 1.82) is 0 Å². The number of sulfonamides is 1. The lowest BCUT2D eigenvalue weighted by atomic mass is 9.95. The topological polar surface area (TPSA) is 75.7 Å². The lowest BCUT2D eigenvalue weighted by Gasteiger charge is -2.31. The van der Waals surface area contributed by atoms with Crippen molar-refractivity contribution in [2.24, 2.45) is 5.92 Å². The number of benzene rings is 2. The van der Waals surface area contributed by atoms with Gasteiger partial charge in [-0.2, -0.15) is 0 Å². The molecule has 1 aliphatic rings. The molecule has 0 aliphatic carbocycles. The molecule has 0 unspecified atom stereocenters. The van der Waals surface area contributed by atoms with Crippen molar-refractivity contribution in [2.75, 3.05) is 20.2 Å². The van der Waals surface area contributed by atoms with Crippen LogP contribution in [0.3, 0.4) is 0 Å². The van der Waals surface area contributed by atoms with Crippen LogP contribution < -0.4 is 10.1 Å². The highest BCUT2D eigenvalue weighted by atomic mass is 35.5. The highest BCUT2D eigenvalue weighted by molar-refractivity contribution is 7.88. The van der Waals surface area contributed by atoms with Crippen LogP contribution in [0.4, 0.5) is 0 Å². The molecule has 1 atom stereocenters. The molecule has 1 fully saturated rings.